The highest BCUT2D eigenvalue weighted by atomic mass is 35.5. The minimum absolute atomic E-state index is 0.195. The number of carbonyl (C=O) groups is 1. The molecular weight excluding hydrogens is 332 g/mol. The zero-order valence-electron chi connectivity index (χ0n) is 13.5. The highest BCUT2D eigenvalue weighted by Crippen LogP contribution is 2.20. The number of nitrogens with one attached hydrogen (secondary N) is 1. The molecule has 0 fully saturated rings. The summed E-state index contributed by atoms with van der Waals surface area (Å²) in [6, 6.07) is 22.5. The minimum atomic E-state index is -0.307. The van der Waals surface area contributed by atoms with Crippen LogP contribution >= 0.6 is 11.6 Å². The lowest BCUT2D eigenvalue weighted by molar-refractivity contribution is -0.116. The molecule has 0 radical (unpaired) electrons. The average Bonchev–Trinajstić information content (AvgIpc) is 2.66. The summed E-state index contributed by atoms with van der Waals surface area (Å²) in [6.07, 6.45) is 4.96. The topological polar surface area (TPSA) is 42.0 Å². The van der Waals surface area contributed by atoms with E-state index in [-0.39, 0.29) is 11.9 Å². The maximum Gasteiger partial charge on any atom is 0.244 e. The molecule has 0 saturated heterocycles. The molecule has 0 aliphatic carbocycles. The summed E-state index contributed by atoms with van der Waals surface area (Å²) in [6.45, 7) is 0. The van der Waals surface area contributed by atoms with Crippen molar-refractivity contribution in [1.82, 2.24) is 10.3 Å². The molecule has 2 aromatic carbocycles. The van der Waals surface area contributed by atoms with Gasteiger partial charge in [0, 0.05) is 17.3 Å². The molecule has 124 valence electrons. The lowest BCUT2D eigenvalue weighted by Gasteiger charge is -2.17. The molecular formula is C21H17ClN2O. The summed E-state index contributed by atoms with van der Waals surface area (Å²) in [4.78, 5) is 16.8. The van der Waals surface area contributed by atoms with Crippen molar-refractivity contribution in [2.45, 2.75) is 6.04 Å². The van der Waals surface area contributed by atoms with Crippen molar-refractivity contribution < 1.29 is 4.79 Å². The number of rotatable bonds is 5. The summed E-state index contributed by atoms with van der Waals surface area (Å²) in [5, 5.41) is 3.65. The molecule has 1 unspecified atom stereocenters. The summed E-state index contributed by atoms with van der Waals surface area (Å²) in [5.41, 5.74) is 2.64. The largest absolute Gasteiger partial charge is 0.340 e. The highest BCUT2D eigenvalue weighted by Gasteiger charge is 2.16. The van der Waals surface area contributed by atoms with Crippen LogP contribution in [0.1, 0.15) is 22.9 Å². The molecule has 0 spiro atoms. The number of benzene rings is 2. The molecule has 1 atom stereocenters. The van der Waals surface area contributed by atoms with Gasteiger partial charge in [0.1, 0.15) is 0 Å². The van der Waals surface area contributed by atoms with E-state index in [2.05, 4.69) is 10.3 Å². The molecule has 3 aromatic rings. The van der Waals surface area contributed by atoms with E-state index in [9.17, 15) is 4.79 Å². The van der Waals surface area contributed by atoms with Gasteiger partial charge in [-0.3, -0.25) is 9.78 Å². The van der Waals surface area contributed by atoms with Gasteiger partial charge in [-0.05, 0) is 41.5 Å². The van der Waals surface area contributed by atoms with Crippen molar-refractivity contribution in [2.24, 2.45) is 0 Å². The van der Waals surface area contributed by atoms with Gasteiger partial charge in [0.25, 0.3) is 0 Å². The van der Waals surface area contributed by atoms with E-state index in [4.69, 9.17) is 11.6 Å². The highest BCUT2D eigenvalue weighted by molar-refractivity contribution is 6.30. The summed E-state index contributed by atoms with van der Waals surface area (Å²) in [7, 11) is 0. The molecule has 1 N–H and O–H groups in total. The Morgan fingerprint density at radius 1 is 1.00 bits per heavy atom. The number of halogens is 1. The van der Waals surface area contributed by atoms with Crippen molar-refractivity contribution in [3.05, 3.63) is 107 Å². The maximum absolute atomic E-state index is 12.4. The van der Waals surface area contributed by atoms with E-state index in [1.165, 1.54) is 6.08 Å². The Morgan fingerprint density at radius 2 is 1.80 bits per heavy atom. The predicted molar refractivity (Wildman–Crippen MR) is 101 cm³/mol. The van der Waals surface area contributed by atoms with Gasteiger partial charge in [0.05, 0.1) is 11.7 Å². The Morgan fingerprint density at radius 3 is 2.52 bits per heavy atom. The van der Waals surface area contributed by atoms with Crippen LogP contribution in [0.25, 0.3) is 6.08 Å². The molecule has 25 heavy (non-hydrogen) atoms. The van der Waals surface area contributed by atoms with E-state index in [1.807, 2.05) is 60.7 Å². The van der Waals surface area contributed by atoms with Crippen LogP contribution in [0.5, 0.6) is 0 Å². The van der Waals surface area contributed by atoms with Crippen LogP contribution in [-0.4, -0.2) is 10.9 Å². The van der Waals surface area contributed by atoms with Gasteiger partial charge in [-0.25, -0.2) is 0 Å². The normalized spacial score (nSPS) is 12.0. The lowest BCUT2D eigenvalue weighted by Crippen LogP contribution is -2.28. The van der Waals surface area contributed by atoms with Crippen molar-refractivity contribution in [3.8, 4) is 0 Å². The summed E-state index contributed by atoms with van der Waals surface area (Å²) >= 11 is 5.96. The fraction of sp³-hybridized carbons (Fsp3) is 0.0476. The van der Waals surface area contributed by atoms with Gasteiger partial charge in [-0.2, -0.15) is 0 Å². The Kier molecular flexibility index (Phi) is 5.60. The third-order valence-electron chi connectivity index (χ3n) is 3.68. The van der Waals surface area contributed by atoms with Gasteiger partial charge in [0.15, 0.2) is 0 Å². The second-order valence-electron chi connectivity index (χ2n) is 5.50. The molecule has 4 heteroatoms. The SMILES string of the molecule is O=C(/C=C/c1cccc(Cl)c1)NC(c1ccccc1)c1ccccn1. The van der Waals surface area contributed by atoms with Crippen LogP contribution in [0.4, 0.5) is 0 Å². The van der Waals surface area contributed by atoms with Gasteiger partial charge in [-0.1, -0.05) is 60.1 Å². The van der Waals surface area contributed by atoms with E-state index in [0.29, 0.717) is 5.02 Å². The lowest BCUT2D eigenvalue weighted by atomic mass is 10.0. The number of hydrogen-bond acceptors (Lipinski definition) is 2. The van der Waals surface area contributed by atoms with Crippen molar-refractivity contribution in [3.63, 3.8) is 0 Å². The molecule has 1 heterocycles. The second-order valence-corrected chi connectivity index (χ2v) is 5.93. The van der Waals surface area contributed by atoms with Crippen LogP contribution < -0.4 is 5.32 Å². The standard InChI is InChI=1S/C21H17ClN2O/c22-18-10-6-7-16(15-18)12-13-20(25)24-21(17-8-2-1-3-9-17)19-11-4-5-14-23-19/h1-15,21H,(H,24,25)/b13-12+. The van der Waals surface area contributed by atoms with E-state index < -0.39 is 0 Å². The zero-order valence-corrected chi connectivity index (χ0v) is 14.2. The minimum Gasteiger partial charge on any atom is -0.340 e. The van der Waals surface area contributed by atoms with Gasteiger partial charge >= 0.3 is 0 Å². The van der Waals surface area contributed by atoms with Crippen LogP contribution in [0.2, 0.25) is 5.02 Å². The molecule has 0 saturated carbocycles. The third kappa shape index (κ3) is 4.78. The maximum atomic E-state index is 12.4. The van der Waals surface area contributed by atoms with Crippen LogP contribution in [-0.2, 0) is 4.79 Å². The molecule has 1 amide bonds. The third-order valence-corrected chi connectivity index (χ3v) is 3.91. The molecule has 0 aliphatic rings. The van der Waals surface area contributed by atoms with Crippen LogP contribution in [0.15, 0.2) is 85.1 Å². The quantitative estimate of drug-likeness (QED) is 0.682. The zero-order chi connectivity index (χ0) is 17.5. The molecule has 3 nitrogen and oxygen atoms in total. The second kappa shape index (κ2) is 8.27. The predicted octanol–water partition coefficient (Wildman–Crippen LogP) is 4.65. The molecule has 3 rings (SSSR count). The monoisotopic (exact) mass is 348 g/mol. The molecule has 0 bridgehead atoms. The van der Waals surface area contributed by atoms with Crippen LogP contribution in [0, 0.1) is 0 Å². The van der Waals surface area contributed by atoms with E-state index in [0.717, 1.165) is 16.8 Å². The summed E-state index contributed by atoms with van der Waals surface area (Å²) in [5.74, 6) is -0.195. The fourth-order valence-corrected chi connectivity index (χ4v) is 2.69. The van der Waals surface area contributed by atoms with E-state index in [1.54, 1.807) is 24.4 Å². The Labute approximate surface area is 152 Å². The van der Waals surface area contributed by atoms with Gasteiger partial charge in [-0.15, -0.1) is 0 Å². The number of carbonyl (C=O) groups excluding carboxylic acids is 1. The number of nitrogens with zero attached hydrogens (tertiary/aromatic N) is 1. The first-order valence-electron chi connectivity index (χ1n) is 7.92. The summed E-state index contributed by atoms with van der Waals surface area (Å²) < 4.78 is 0. The average molecular weight is 349 g/mol. The van der Waals surface area contributed by atoms with Gasteiger partial charge < -0.3 is 5.32 Å². The fourth-order valence-electron chi connectivity index (χ4n) is 2.49. The number of pyridine rings is 1. The van der Waals surface area contributed by atoms with Gasteiger partial charge in [0.2, 0.25) is 5.91 Å². The Balaban J connectivity index is 1.79. The first kappa shape index (κ1) is 16.9. The number of aromatic nitrogens is 1. The number of hydrogen-bond donors (Lipinski definition) is 1. The van der Waals surface area contributed by atoms with Crippen molar-refractivity contribution >= 4 is 23.6 Å². The first-order valence-corrected chi connectivity index (χ1v) is 8.30. The van der Waals surface area contributed by atoms with Crippen molar-refractivity contribution in [1.29, 1.82) is 0 Å². The Bertz CT molecular complexity index is 824. The van der Waals surface area contributed by atoms with Crippen molar-refractivity contribution in [2.75, 3.05) is 0 Å². The molecule has 0 aliphatic heterocycles. The molecule has 1 aromatic heterocycles. The van der Waals surface area contributed by atoms with Crippen LogP contribution in [0.3, 0.4) is 0 Å². The Hall–Kier alpha value is -2.91. The van der Waals surface area contributed by atoms with E-state index >= 15 is 0 Å². The first-order chi connectivity index (χ1) is 12.2. The number of amides is 1. The smallest absolute Gasteiger partial charge is 0.244 e.